The first-order chi connectivity index (χ1) is 6.13. The highest BCUT2D eigenvalue weighted by Crippen LogP contribution is 2.07. The molecular formula is C8H11BrN2OS. The third kappa shape index (κ3) is 3.08. The van der Waals surface area contributed by atoms with Gasteiger partial charge in [0.1, 0.15) is 5.69 Å². The predicted octanol–water partition coefficient (Wildman–Crippen LogP) is 1.96. The van der Waals surface area contributed by atoms with Crippen LogP contribution >= 0.6 is 27.3 Å². The summed E-state index contributed by atoms with van der Waals surface area (Å²) in [4.78, 5) is 15.5. The highest BCUT2D eigenvalue weighted by atomic mass is 79.9. The van der Waals surface area contributed by atoms with Gasteiger partial charge in [-0.15, -0.1) is 11.3 Å². The lowest BCUT2D eigenvalue weighted by Crippen LogP contribution is -2.33. The number of nitrogens with zero attached hydrogens (tertiary/aromatic N) is 1. The third-order valence-corrected chi connectivity index (χ3v) is 3.21. The molecule has 0 spiro atoms. The van der Waals surface area contributed by atoms with Crippen molar-refractivity contribution in [3.8, 4) is 0 Å². The molecule has 0 saturated carbocycles. The van der Waals surface area contributed by atoms with Crippen molar-refractivity contribution in [1.82, 2.24) is 10.3 Å². The van der Waals surface area contributed by atoms with Crippen LogP contribution in [-0.2, 0) is 0 Å². The molecule has 0 bridgehead atoms. The van der Waals surface area contributed by atoms with Crippen LogP contribution in [0.3, 0.4) is 0 Å². The minimum Gasteiger partial charge on any atom is -0.347 e. The molecule has 0 radical (unpaired) electrons. The molecule has 0 aliphatic carbocycles. The first-order valence-corrected chi connectivity index (χ1v) is 5.92. The second kappa shape index (κ2) is 4.72. The van der Waals surface area contributed by atoms with E-state index in [1.807, 2.05) is 13.8 Å². The summed E-state index contributed by atoms with van der Waals surface area (Å²) in [7, 11) is 0. The number of alkyl halides is 1. The Labute approximate surface area is 89.7 Å². The molecule has 0 fully saturated rings. The normalized spacial score (nSPS) is 12.5. The topological polar surface area (TPSA) is 42.0 Å². The number of halogens is 1. The van der Waals surface area contributed by atoms with Gasteiger partial charge in [-0.05, 0) is 13.8 Å². The molecule has 1 N–H and O–H groups in total. The average molecular weight is 263 g/mol. The molecule has 0 aromatic carbocycles. The number of aromatic nitrogens is 1. The lowest BCUT2D eigenvalue weighted by molar-refractivity contribution is 0.0939. The Morgan fingerprint density at radius 1 is 1.85 bits per heavy atom. The maximum Gasteiger partial charge on any atom is 0.270 e. The Morgan fingerprint density at radius 2 is 2.54 bits per heavy atom. The highest BCUT2D eigenvalue weighted by Gasteiger charge is 2.10. The zero-order chi connectivity index (χ0) is 9.84. The number of thiazole rings is 1. The molecule has 13 heavy (non-hydrogen) atoms. The highest BCUT2D eigenvalue weighted by molar-refractivity contribution is 9.09. The maximum atomic E-state index is 11.4. The number of carbonyl (C=O) groups is 1. The molecule has 0 saturated heterocycles. The zero-order valence-corrected chi connectivity index (χ0v) is 9.91. The minimum absolute atomic E-state index is 0.101. The molecule has 0 aliphatic rings. The van der Waals surface area contributed by atoms with Gasteiger partial charge in [0.05, 0.1) is 5.01 Å². The van der Waals surface area contributed by atoms with Gasteiger partial charge in [-0.2, -0.15) is 0 Å². The first-order valence-electron chi connectivity index (χ1n) is 3.92. The average Bonchev–Trinajstić information content (AvgIpc) is 2.51. The summed E-state index contributed by atoms with van der Waals surface area (Å²) < 4.78 is 0. The van der Waals surface area contributed by atoms with E-state index in [4.69, 9.17) is 0 Å². The Kier molecular flexibility index (Phi) is 3.87. The third-order valence-electron chi connectivity index (χ3n) is 1.46. The van der Waals surface area contributed by atoms with Gasteiger partial charge in [0.2, 0.25) is 0 Å². The SMILES string of the molecule is Cc1nc(C(=O)NC(C)CBr)cs1. The van der Waals surface area contributed by atoms with Crippen LogP contribution in [0, 0.1) is 6.92 Å². The van der Waals surface area contributed by atoms with E-state index in [1.165, 1.54) is 11.3 Å². The standard InChI is InChI=1S/C8H11BrN2OS/c1-5(3-9)10-8(12)7-4-13-6(2)11-7/h4-5H,3H2,1-2H3,(H,10,12). The summed E-state index contributed by atoms with van der Waals surface area (Å²) in [5.74, 6) is -0.101. The molecule has 1 amide bonds. The van der Waals surface area contributed by atoms with Crippen molar-refractivity contribution >= 4 is 33.2 Å². The van der Waals surface area contributed by atoms with Gasteiger partial charge in [0.15, 0.2) is 0 Å². The molecule has 1 heterocycles. The van der Waals surface area contributed by atoms with Crippen molar-refractivity contribution in [1.29, 1.82) is 0 Å². The molecule has 1 aromatic heterocycles. The summed E-state index contributed by atoms with van der Waals surface area (Å²) in [6, 6.07) is 0.134. The van der Waals surface area contributed by atoms with Crippen molar-refractivity contribution in [2.75, 3.05) is 5.33 Å². The van der Waals surface area contributed by atoms with Gasteiger partial charge in [-0.1, -0.05) is 15.9 Å². The summed E-state index contributed by atoms with van der Waals surface area (Å²) in [6.07, 6.45) is 0. The number of nitrogens with one attached hydrogen (secondary N) is 1. The van der Waals surface area contributed by atoms with E-state index in [2.05, 4.69) is 26.2 Å². The fourth-order valence-corrected chi connectivity index (χ4v) is 1.56. The summed E-state index contributed by atoms with van der Waals surface area (Å²) >= 11 is 4.77. The molecule has 0 aliphatic heterocycles. The molecule has 1 aromatic rings. The number of hydrogen-bond acceptors (Lipinski definition) is 3. The summed E-state index contributed by atoms with van der Waals surface area (Å²) in [6.45, 7) is 3.82. The van der Waals surface area contributed by atoms with Crippen molar-refractivity contribution in [3.05, 3.63) is 16.1 Å². The van der Waals surface area contributed by atoms with Crippen molar-refractivity contribution in [2.45, 2.75) is 19.9 Å². The predicted molar refractivity (Wildman–Crippen MR) is 57.6 cm³/mol. The quantitative estimate of drug-likeness (QED) is 0.847. The van der Waals surface area contributed by atoms with E-state index in [0.717, 1.165) is 10.3 Å². The van der Waals surface area contributed by atoms with Crippen LogP contribution in [0.2, 0.25) is 0 Å². The van der Waals surface area contributed by atoms with Crippen molar-refractivity contribution in [2.24, 2.45) is 0 Å². The fraction of sp³-hybridized carbons (Fsp3) is 0.500. The van der Waals surface area contributed by atoms with E-state index in [0.29, 0.717) is 5.69 Å². The van der Waals surface area contributed by atoms with E-state index in [9.17, 15) is 4.79 Å². The number of aryl methyl sites for hydroxylation is 1. The number of hydrogen-bond donors (Lipinski definition) is 1. The number of rotatable bonds is 3. The minimum atomic E-state index is -0.101. The van der Waals surface area contributed by atoms with Gasteiger partial charge in [-0.25, -0.2) is 4.98 Å². The van der Waals surface area contributed by atoms with E-state index < -0.39 is 0 Å². The lowest BCUT2D eigenvalue weighted by atomic mass is 10.3. The van der Waals surface area contributed by atoms with Crippen LogP contribution in [0.5, 0.6) is 0 Å². The van der Waals surface area contributed by atoms with Crippen LogP contribution in [0.25, 0.3) is 0 Å². The van der Waals surface area contributed by atoms with Gasteiger partial charge >= 0.3 is 0 Å². The first kappa shape index (κ1) is 10.7. The number of amides is 1. The van der Waals surface area contributed by atoms with Crippen molar-refractivity contribution < 1.29 is 4.79 Å². The fourth-order valence-electron chi connectivity index (χ4n) is 0.804. The summed E-state index contributed by atoms with van der Waals surface area (Å²) in [5, 5.41) is 6.25. The monoisotopic (exact) mass is 262 g/mol. The Hall–Kier alpha value is -0.420. The van der Waals surface area contributed by atoms with Crippen LogP contribution in [0.4, 0.5) is 0 Å². The van der Waals surface area contributed by atoms with Crippen LogP contribution in [0.15, 0.2) is 5.38 Å². The van der Waals surface area contributed by atoms with Crippen molar-refractivity contribution in [3.63, 3.8) is 0 Å². The van der Waals surface area contributed by atoms with E-state index >= 15 is 0 Å². The molecule has 72 valence electrons. The second-order valence-electron chi connectivity index (χ2n) is 2.78. The molecule has 3 nitrogen and oxygen atoms in total. The van der Waals surface area contributed by atoms with Crippen LogP contribution in [-0.4, -0.2) is 22.3 Å². The molecule has 1 rings (SSSR count). The number of carbonyl (C=O) groups excluding carboxylic acids is 1. The molecule has 1 unspecified atom stereocenters. The Balaban J connectivity index is 2.58. The van der Waals surface area contributed by atoms with Gasteiger partial charge in [0, 0.05) is 16.8 Å². The molecular weight excluding hydrogens is 252 g/mol. The van der Waals surface area contributed by atoms with Crippen LogP contribution < -0.4 is 5.32 Å². The second-order valence-corrected chi connectivity index (χ2v) is 4.49. The van der Waals surface area contributed by atoms with Crippen LogP contribution in [0.1, 0.15) is 22.4 Å². The van der Waals surface area contributed by atoms with Gasteiger partial charge < -0.3 is 5.32 Å². The molecule has 1 atom stereocenters. The van der Waals surface area contributed by atoms with E-state index in [-0.39, 0.29) is 11.9 Å². The Morgan fingerprint density at radius 3 is 3.00 bits per heavy atom. The smallest absolute Gasteiger partial charge is 0.270 e. The van der Waals surface area contributed by atoms with Gasteiger partial charge in [0.25, 0.3) is 5.91 Å². The zero-order valence-electron chi connectivity index (χ0n) is 7.50. The Bertz CT molecular complexity index is 300. The maximum absolute atomic E-state index is 11.4. The lowest BCUT2D eigenvalue weighted by Gasteiger charge is -2.08. The summed E-state index contributed by atoms with van der Waals surface area (Å²) in [5.41, 5.74) is 0.510. The molecule has 5 heteroatoms. The van der Waals surface area contributed by atoms with Gasteiger partial charge in [-0.3, -0.25) is 4.79 Å². The largest absolute Gasteiger partial charge is 0.347 e. The van der Waals surface area contributed by atoms with E-state index in [1.54, 1.807) is 5.38 Å².